The Hall–Kier alpha value is -4.08. The van der Waals surface area contributed by atoms with Crippen LogP contribution in [0.1, 0.15) is 58.7 Å². The summed E-state index contributed by atoms with van der Waals surface area (Å²) in [4.78, 5) is 0. The summed E-state index contributed by atoms with van der Waals surface area (Å²) in [5, 5.41) is 4.16. The molecule has 0 aliphatic heterocycles. The summed E-state index contributed by atoms with van der Waals surface area (Å²) in [6.45, 7) is 16.3. The second-order valence-corrected chi connectivity index (χ2v) is 38.5. The molecular weight excluding hydrogens is 937 g/mol. The molecule has 0 N–H and O–H groups in total. The van der Waals surface area contributed by atoms with Crippen molar-refractivity contribution in [3.63, 3.8) is 0 Å². The summed E-state index contributed by atoms with van der Waals surface area (Å²) in [6, 6.07) is 31.4. The SMILES string of the molecule is CCc1ccc2[cH-]c(-c3cc(C)c(C)o3)cc2c1-c1ccc(C(F)(F)F)cc1.CCc1ccc2[cH-]c(-c3cc(C)c(C)o3)cc2c1-c1ccc(C(F)(F)F)cc1.C[Si](C)=[Zr]([Cl])[Cl]. The quantitative estimate of drug-likeness (QED) is 0.0943. The van der Waals surface area contributed by atoms with Crippen molar-refractivity contribution < 1.29 is 53.2 Å². The number of halogens is 8. The molecule has 0 unspecified atom stereocenters. The fourth-order valence-electron chi connectivity index (χ4n) is 7.29. The van der Waals surface area contributed by atoms with Crippen molar-refractivity contribution in [2.24, 2.45) is 0 Å². The molecule has 12 heteroatoms. The summed E-state index contributed by atoms with van der Waals surface area (Å²) in [5.41, 5.74) is 8.43. The molecule has 0 amide bonds. The van der Waals surface area contributed by atoms with Crippen LogP contribution in [0.3, 0.4) is 0 Å². The van der Waals surface area contributed by atoms with E-state index in [-0.39, 0.29) is 5.43 Å². The molecular formula is C50H46Cl2F6O2SiZr-2. The predicted molar refractivity (Wildman–Crippen MR) is 242 cm³/mol. The molecule has 62 heavy (non-hydrogen) atoms. The first-order valence-electron chi connectivity index (χ1n) is 20.1. The molecule has 0 radical (unpaired) electrons. The first-order chi connectivity index (χ1) is 29.2. The van der Waals surface area contributed by atoms with Gasteiger partial charge in [0.2, 0.25) is 0 Å². The summed E-state index contributed by atoms with van der Waals surface area (Å²) >= 11 is -1.65. The molecule has 0 aliphatic rings. The first-order valence-corrected chi connectivity index (χ1v) is 32.6. The van der Waals surface area contributed by atoms with Gasteiger partial charge in [0.15, 0.2) is 0 Å². The Morgan fingerprint density at radius 2 is 0.887 bits per heavy atom. The number of alkyl halides is 6. The van der Waals surface area contributed by atoms with Crippen LogP contribution in [0.4, 0.5) is 26.3 Å². The van der Waals surface area contributed by atoms with Crippen molar-refractivity contribution in [1.29, 1.82) is 0 Å². The number of aryl methyl sites for hydroxylation is 6. The molecule has 0 atom stereocenters. The van der Waals surface area contributed by atoms with Gasteiger partial charge < -0.3 is 8.83 Å². The number of benzene rings is 4. The minimum absolute atomic E-state index is 0.224. The fraction of sp³-hybridized carbons (Fsp3) is 0.240. The maximum atomic E-state index is 12.9. The van der Waals surface area contributed by atoms with E-state index in [1.165, 1.54) is 0 Å². The molecule has 324 valence electrons. The Bertz CT molecular complexity index is 2630. The first kappa shape index (κ1) is 47.4. The van der Waals surface area contributed by atoms with E-state index in [1.807, 2.05) is 39.8 Å². The summed E-state index contributed by atoms with van der Waals surface area (Å²) in [6.07, 6.45) is -7.07. The molecule has 8 aromatic rings. The zero-order valence-electron chi connectivity index (χ0n) is 35.6. The average molecular weight is 983 g/mol. The Balaban J connectivity index is 0.000000183. The average Bonchev–Trinajstić information content (AvgIpc) is 4.02. The van der Waals surface area contributed by atoms with Crippen LogP contribution in [-0.2, 0) is 43.2 Å². The van der Waals surface area contributed by atoms with Crippen molar-refractivity contribution in [1.82, 2.24) is 0 Å². The molecule has 8 rings (SSSR count). The predicted octanol–water partition coefficient (Wildman–Crippen LogP) is 17.5. The van der Waals surface area contributed by atoms with E-state index < -0.39 is 41.5 Å². The van der Waals surface area contributed by atoms with Gasteiger partial charge in [0.1, 0.15) is 0 Å². The van der Waals surface area contributed by atoms with E-state index in [0.717, 1.165) is 137 Å². The van der Waals surface area contributed by atoms with Crippen molar-refractivity contribution >= 4 is 44.0 Å². The Morgan fingerprint density at radius 3 is 1.15 bits per heavy atom. The van der Waals surface area contributed by atoms with Crippen LogP contribution in [0, 0.1) is 27.7 Å². The number of hydrogen-bond acceptors (Lipinski definition) is 2. The summed E-state index contributed by atoms with van der Waals surface area (Å²) < 4.78 is 89.3. The Kier molecular flexibility index (Phi) is 14.8. The van der Waals surface area contributed by atoms with Crippen LogP contribution in [-0.4, -0.2) is 5.43 Å². The molecule has 2 nitrogen and oxygen atoms in total. The van der Waals surface area contributed by atoms with Gasteiger partial charge in [-0.1, -0.05) is 72.5 Å². The van der Waals surface area contributed by atoms with E-state index in [1.54, 1.807) is 24.3 Å². The van der Waals surface area contributed by atoms with E-state index in [2.05, 4.69) is 75.5 Å². The number of rotatable bonds is 6. The van der Waals surface area contributed by atoms with Gasteiger partial charge in [0.25, 0.3) is 0 Å². The van der Waals surface area contributed by atoms with Gasteiger partial charge in [-0.3, -0.25) is 0 Å². The van der Waals surface area contributed by atoms with Crippen LogP contribution in [0.5, 0.6) is 0 Å². The topological polar surface area (TPSA) is 26.3 Å². The van der Waals surface area contributed by atoms with Gasteiger partial charge in [-0.2, -0.15) is 26.3 Å². The fourth-order valence-corrected chi connectivity index (χ4v) is 7.29. The third-order valence-corrected chi connectivity index (χ3v) is 30.7. The molecule has 0 bridgehead atoms. The third kappa shape index (κ3) is 10.6. The standard InChI is InChI=1S/2C24H20F3O.C2H6Si.2ClH.Zr/c2*1-4-16-5-6-18-12-19(22-11-14(2)15(3)28-22)13-21(18)23(16)17-7-9-20(10-8-17)24(25,26)27;1-3-2;;;/h2*5-13H,4H2,1-3H3;1-2H3;2*1H;/q2*-1;;;;+2/p-2. The maximum absolute atomic E-state index is 12.9. The van der Waals surface area contributed by atoms with E-state index in [9.17, 15) is 26.3 Å². The summed E-state index contributed by atoms with van der Waals surface area (Å²) in [7, 11) is 11.2. The van der Waals surface area contributed by atoms with Gasteiger partial charge in [0, 0.05) is 0 Å². The Labute approximate surface area is 373 Å². The Morgan fingerprint density at radius 1 is 0.548 bits per heavy atom. The van der Waals surface area contributed by atoms with Gasteiger partial charge in [-0.25, -0.2) is 0 Å². The number of furan rings is 2. The molecule has 0 saturated heterocycles. The van der Waals surface area contributed by atoms with Gasteiger partial charge in [-0.05, 0) is 110 Å². The van der Waals surface area contributed by atoms with Crippen LogP contribution in [0.15, 0.2) is 118 Å². The van der Waals surface area contributed by atoms with Crippen molar-refractivity contribution in [3.8, 4) is 44.9 Å². The molecule has 6 aromatic carbocycles. The normalized spacial score (nSPS) is 11.7. The zero-order valence-corrected chi connectivity index (χ0v) is 40.6. The van der Waals surface area contributed by atoms with Crippen molar-refractivity contribution in [3.05, 3.63) is 154 Å². The molecule has 0 spiro atoms. The van der Waals surface area contributed by atoms with E-state index in [0.29, 0.717) is 0 Å². The molecule has 0 aliphatic carbocycles. The van der Waals surface area contributed by atoms with Crippen LogP contribution in [0.25, 0.3) is 66.4 Å². The second kappa shape index (κ2) is 19.3. The van der Waals surface area contributed by atoms with Gasteiger partial charge >= 0.3 is 65.9 Å². The zero-order chi connectivity index (χ0) is 45.3. The van der Waals surface area contributed by atoms with Crippen LogP contribution < -0.4 is 0 Å². The van der Waals surface area contributed by atoms with Gasteiger partial charge in [-0.15, -0.1) is 57.9 Å². The monoisotopic (exact) mass is 980 g/mol. The molecule has 0 saturated carbocycles. The molecule has 2 heterocycles. The minimum atomic E-state index is -4.33. The number of hydrogen-bond donors (Lipinski definition) is 0. The molecule has 0 fully saturated rings. The van der Waals surface area contributed by atoms with Crippen LogP contribution >= 0.6 is 17.0 Å². The van der Waals surface area contributed by atoms with Gasteiger partial charge in [0.05, 0.1) is 34.2 Å². The van der Waals surface area contributed by atoms with E-state index >= 15 is 0 Å². The van der Waals surface area contributed by atoms with Crippen molar-refractivity contribution in [2.75, 3.05) is 0 Å². The van der Waals surface area contributed by atoms with Crippen LogP contribution in [0.2, 0.25) is 13.1 Å². The van der Waals surface area contributed by atoms with Crippen molar-refractivity contribution in [2.45, 2.75) is 79.8 Å². The second-order valence-electron chi connectivity index (χ2n) is 15.5. The number of fused-ring (bicyclic) bond motifs is 2. The molecule has 2 aromatic heterocycles. The van der Waals surface area contributed by atoms with E-state index in [4.69, 9.17) is 25.9 Å². The summed E-state index contributed by atoms with van der Waals surface area (Å²) in [5.74, 6) is 3.39. The third-order valence-electron chi connectivity index (χ3n) is 11.0.